The minimum absolute atomic E-state index is 0. The van der Waals surface area contributed by atoms with Crippen molar-refractivity contribution in [2.75, 3.05) is 5.32 Å². The van der Waals surface area contributed by atoms with Crippen LogP contribution >= 0.6 is 12.4 Å². The van der Waals surface area contributed by atoms with Crippen LogP contribution in [0.2, 0.25) is 0 Å². The van der Waals surface area contributed by atoms with Crippen molar-refractivity contribution in [1.82, 2.24) is 9.38 Å². The molecule has 4 nitrogen and oxygen atoms in total. The van der Waals surface area contributed by atoms with Crippen molar-refractivity contribution in [1.29, 1.82) is 0 Å². The molecular weight excluding hydrogens is 322 g/mol. The molecule has 3 rings (SSSR count). The van der Waals surface area contributed by atoms with Crippen molar-refractivity contribution >= 4 is 29.6 Å². The fourth-order valence-electron chi connectivity index (χ4n) is 2.55. The van der Waals surface area contributed by atoms with Crippen LogP contribution in [0.5, 0.6) is 0 Å². The Hall–Kier alpha value is -2.33. The van der Waals surface area contributed by atoms with E-state index in [1.165, 1.54) is 5.56 Å². The number of nitrogens with one attached hydrogen (secondary N) is 1. The average Bonchev–Trinajstić information content (AvgIpc) is 2.90. The molecule has 0 aliphatic heterocycles. The molecule has 2 aromatic heterocycles. The number of aromatic nitrogens is 2. The van der Waals surface area contributed by atoms with E-state index in [0.717, 1.165) is 22.6 Å². The Morgan fingerprint density at radius 3 is 2.50 bits per heavy atom. The third kappa shape index (κ3) is 4.15. The van der Waals surface area contributed by atoms with Gasteiger partial charge < -0.3 is 9.72 Å². The molecule has 0 atom stereocenters. The normalized spacial score (nSPS) is 10.7. The van der Waals surface area contributed by atoms with Gasteiger partial charge >= 0.3 is 0 Å². The van der Waals surface area contributed by atoms with Crippen molar-refractivity contribution in [3.8, 4) is 11.3 Å². The van der Waals surface area contributed by atoms with Crippen molar-refractivity contribution in [2.45, 2.75) is 27.2 Å². The van der Waals surface area contributed by atoms with Gasteiger partial charge in [0.1, 0.15) is 5.65 Å². The molecule has 24 heavy (non-hydrogen) atoms. The van der Waals surface area contributed by atoms with E-state index in [9.17, 15) is 4.79 Å². The first-order chi connectivity index (χ1) is 11.0. The fourth-order valence-corrected chi connectivity index (χ4v) is 2.55. The quantitative estimate of drug-likeness (QED) is 0.745. The van der Waals surface area contributed by atoms with Gasteiger partial charge in [-0.15, -0.1) is 12.4 Å². The number of hydrogen-bond acceptors (Lipinski definition) is 2. The minimum atomic E-state index is 0. The zero-order valence-electron chi connectivity index (χ0n) is 14.1. The Morgan fingerprint density at radius 1 is 1.12 bits per heavy atom. The molecule has 1 aromatic carbocycles. The number of nitrogens with zero attached hydrogens (tertiary/aromatic N) is 2. The molecule has 0 spiro atoms. The van der Waals surface area contributed by atoms with Gasteiger partial charge in [-0.2, -0.15) is 0 Å². The molecule has 0 saturated carbocycles. The number of benzene rings is 1. The van der Waals surface area contributed by atoms with Crippen molar-refractivity contribution in [2.24, 2.45) is 5.92 Å². The molecule has 2 heterocycles. The zero-order chi connectivity index (χ0) is 16.4. The minimum Gasteiger partial charge on any atom is -0.326 e. The van der Waals surface area contributed by atoms with Gasteiger partial charge in [-0.3, -0.25) is 4.79 Å². The first-order valence-electron chi connectivity index (χ1n) is 7.87. The monoisotopic (exact) mass is 343 g/mol. The van der Waals surface area contributed by atoms with E-state index in [2.05, 4.69) is 29.5 Å². The van der Waals surface area contributed by atoms with Crippen LogP contribution in [0.3, 0.4) is 0 Å². The standard InChI is InChI=1S/C19H21N3O.ClH/c1-13(2)10-19(23)20-16-7-5-15(6-8-16)17-12-22-11-14(3)4-9-18(22)21-17;/h4-9,11-13H,10H2,1-3H3,(H,20,23);1H. The highest BCUT2D eigenvalue weighted by Gasteiger charge is 2.07. The number of fused-ring (bicyclic) bond motifs is 1. The number of imidazole rings is 1. The lowest BCUT2D eigenvalue weighted by Gasteiger charge is -2.07. The Labute approximate surface area is 148 Å². The number of hydrogen-bond donors (Lipinski definition) is 1. The summed E-state index contributed by atoms with van der Waals surface area (Å²) in [6.07, 6.45) is 4.62. The topological polar surface area (TPSA) is 46.4 Å². The summed E-state index contributed by atoms with van der Waals surface area (Å²) in [5, 5.41) is 2.92. The lowest BCUT2D eigenvalue weighted by molar-refractivity contribution is -0.116. The maximum atomic E-state index is 11.8. The number of rotatable bonds is 4. The average molecular weight is 344 g/mol. The van der Waals surface area contributed by atoms with Gasteiger partial charge in [0.05, 0.1) is 5.69 Å². The molecule has 126 valence electrons. The smallest absolute Gasteiger partial charge is 0.224 e. The van der Waals surface area contributed by atoms with E-state index in [1.54, 1.807) is 0 Å². The third-order valence-electron chi connectivity index (χ3n) is 3.66. The Bertz CT molecular complexity index is 837. The molecule has 0 fully saturated rings. The van der Waals surface area contributed by atoms with Crippen LogP contribution in [0.15, 0.2) is 48.8 Å². The Kier molecular flexibility index (Phi) is 5.62. The molecule has 5 heteroatoms. The number of anilines is 1. The van der Waals surface area contributed by atoms with E-state index in [-0.39, 0.29) is 18.3 Å². The predicted molar refractivity (Wildman–Crippen MR) is 101 cm³/mol. The predicted octanol–water partition coefficient (Wildman–Crippen LogP) is 4.72. The highest BCUT2D eigenvalue weighted by molar-refractivity contribution is 5.91. The molecule has 0 saturated heterocycles. The number of aryl methyl sites for hydroxylation is 1. The summed E-state index contributed by atoms with van der Waals surface area (Å²) >= 11 is 0. The number of halogens is 1. The zero-order valence-corrected chi connectivity index (χ0v) is 14.9. The third-order valence-corrected chi connectivity index (χ3v) is 3.66. The van der Waals surface area contributed by atoms with E-state index in [4.69, 9.17) is 0 Å². The van der Waals surface area contributed by atoms with Crippen LogP contribution in [0.1, 0.15) is 25.8 Å². The van der Waals surface area contributed by atoms with Crippen molar-refractivity contribution in [3.63, 3.8) is 0 Å². The van der Waals surface area contributed by atoms with Crippen LogP contribution in [0.4, 0.5) is 5.69 Å². The second-order valence-corrected chi connectivity index (χ2v) is 6.32. The lowest BCUT2D eigenvalue weighted by atomic mass is 10.1. The summed E-state index contributed by atoms with van der Waals surface area (Å²) < 4.78 is 2.03. The number of carbonyl (C=O) groups is 1. The maximum absolute atomic E-state index is 11.8. The number of pyridine rings is 1. The molecule has 0 aliphatic rings. The van der Waals surface area contributed by atoms with Gasteiger partial charge in [-0.05, 0) is 36.6 Å². The van der Waals surface area contributed by atoms with Crippen LogP contribution in [-0.2, 0) is 4.79 Å². The molecule has 1 amide bonds. The summed E-state index contributed by atoms with van der Waals surface area (Å²) in [4.78, 5) is 16.4. The van der Waals surface area contributed by atoms with Gasteiger partial charge in [-0.1, -0.05) is 32.0 Å². The summed E-state index contributed by atoms with van der Waals surface area (Å²) in [7, 11) is 0. The highest BCUT2D eigenvalue weighted by atomic mass is 35.5. The second-order valence-electron chi connectivity index (χ2n) is 6.32. The van der Waals surface area contributed by atoms with Crippen LogP contribution in [0, 0.1) is 12.8 Å². The highest BCUT2D eigenvalue weighted by Crippen LogP contribution is 2.22. The molecule has 3 aromatic rings. The van der Waals surface area contributed by atoms with Crippen LogP contribution in [-0.4, -0.2) is 15.3 Å². The van der Waals surface area contributed by atoms with Gasteiger partial charge in [-0.25, -0.2) is 4.98 Å². The fraction of sp³-hybridized carbons (Fsp3) is 0.263. The van der Waals surface area contributed by atoms with Gasteiger partial charge in [0.15, 0.2) is 0 Å². The van der Waals surface area contributed by atoms with E-state index >= 15 is 0 Å². The second kappa shape index (κ2) is 7.49. The first-order valence-corrected chi connectivity index (χ1v) is 7.87. The summed E-state index contributed by atoms with van der Waals surface area (Å²) in [6.45, 7) is 6.13. The SMILES string of the molecule is Cc1ccc2nc(-c3ccc(NC(=O)CC(C)C)cc3)cn2c1.Cl. The Balaban J connectivity index is 0.00000208. The molecule has 0 radical (unpaired) electrons. The summed E-state index contributed by atoms with van der Waals surface area (Å²) in [5.74, 6) is 0.409. The van der Waals surface area contributed by atoms with E-state index in [1.807, 2.05) is 54.8 Å². The van der Waals surface area contributed by atoms with Crippen LogP contribution in [0.25, 0.3) is 16.9 Å². The summed E-state index contributed by atoms with van der Waals surface area (Å²) in [6, 6.07) is 11.9. The number of carbonyl (C=O) groups excluding carboxylic acids is 1. The molecule has 0 aliphatic carbocycles. The summed E-state index contributed by atoms with van der Waals surface area (Å²) in [5.41, 5.74) is 4.91. The van der Waals surface area contributed by atoms with E-state index < -0.39 is 0 Å². The first kappa shape index (κ1) is 18.0. The molecular formula is C19H22ClN3O. The lowest BCUT2D eigenvalue weighted by Crippen LogP contribution is -2.13. The van der Waals surface area contributed by atoms with Gasteiger partial charge in [0.25, 0.3) is 0 Å². The molecule has 0 unspecified atom stereocenters. The number of amides is 1. The van der Waals surface area contributed by atoms with Gasteiger partial charge in [0, 0.05) is 30.1 Å². The molecule has 1 N–H and O–H groups in total. The van der Waals surface area contributed by atoms with Crippen LogP contribution < -0.4 is 5.32 Å². The maximum Gasteiger partial charge on any atom is 0.224 e. The largest absolute Gasteiger partial charge is 0.326 e. The van der Waals surface area contributed by atoms with Gasteiger partial charge in [0.2, 0.25) is 5.91 Å². The Morgan fingerprint density at radius 2 is 1.83 bits per heavy atom. The van der Waals surface area contributed by atoms with Crippen molar-refractivity contribution < 1.29 is 4.79 Å². The van der Waals surface area contributed by atoms with E-state index in [0.29, 0.717) is 12.3 Å². The molecule has 0 bridgehead atoms. The van der Waals surface area contributed by atoms with Crippen molar-refractivity contribution in [3.05, 3.63) is 54.4 Å².